The van der Waals surface area contributed by atoms with Crippen molar-refractivity contribution < 1.29 is 4.79 Å². The van der Waals surface area contributed by atoms with Gasteiger partial charge in [-0.3, -0.25) is 9.89 Å². The molecule has 0 spiro atoms. The number of nitrogens with one attached hydrogen (secondary N) is 1. The predicted molar refractivity (Wildman–Crippen MR) is 52.7 cm³/mol. The number of hydrogen-bond donors (Lipinski definition) is 2. The van der Waals surface area contributed by atoms with Crippen molar-refractivity contribution in [3.8, 4) is 0 Å². The number of H-pyrrole nitrogens is 1. The van der Waals surface area contributed by atoms with E-state index in [1.165, 1.54) is 6.20 Å². The van der Waals surface area contributed by atoms with Crippen LogP contribution in [0.1, 0.15) is 30.1 Å². The van der Waals surface area contributed by atoms with Crippen LogP contribution in [0, 0.1) is 0 Å². The van der Waals surface area contributed by atoms with Crippen LogP contribution >= 0.6 is 0 Å². The number of rotatable bonds is 1. The van der Waals surface area contributed by atoms with Gasteiger partial charge in [-0.2, -0.15) is 5.10 Å². The first kappa shape index (κ1) is 9.05. The summed E-state index contributed by atoms with van der Waals surface area (Å²) in [5.74, 6) is 0.343. The maximum absolute atomic E-state index is 11.9. The fourth-order valence-electron chi connectivity index (χ4n) is 1.86. The third-order valence-electron chi connectivity index (χ3n) is 2.71. The number of amides is 1. The molecule has 76 valence electrons. The highest BCUT2D eigenvalue weighted by Gasteiger charge is 2.27. The molecular weight excluding hydrogens is 180 g/mol. The number of carbonyl (C=O) groups excluding carboxylic acids is 1. The van der Waals surface area contributed by atoms with Gasteiger partial charge in [0.1, 0.15) is 11.4 Å². The Labute approximate surface area is 82.3 Å². The number of anilines is 1. The highest BCUT2D eigenvalue weighted by molar-refractivity contribution is 5.98. The third-order valence-corrected chi connectivity index (χ3v) is 2.71. The summed E-state index contributed by atoms with van der Waals surface area (Å²) in [6.07, 6.45) is 3.64. The molecule has 5 nitrogen and oxygen atoms in total. The van der Waals surface area contributed by atoms with Gasteiger partial charge >= 0.3 is 0 Å². The van der Waals surface area contributed by atoms with Crippen LogP contribution in [-0.4, -0.2) is 33.6 Å². The molecule has 2 rings (SSSR count). The topological polar surface area (TPSA) is 75.0 Å². The Morgan fingerprint density at radius 3 is 3.07 bits per heavy atom. The zero-order valence-electron chi connectivity index (χ0n) is 8.16. The van der Waals surface area contributed by atoms with Crippen LogP contribution in [-0.2, 0) is 0 Å². The number of nitrogens with two attached hydrogens (primary N) is 1. The van der Waals surface area contributed by atoms with Crippen molar-refractivity contribution in [2.75, 3.05) is 12.3 Å². The molecule has 0 saturated carbocycles. The average molecular weight is 194 g/mol. The summed E-state index contributed by atoms with van der Waals surface area (Å²) in [5.41, 5.74) is 6.07. The van der Waals surface area contributed by atoms with Gasteiger partial charge in [0.2, 0.25) is 0 Å². The van der Waals surface area contributed by atoms with E-state index in [1.54, 1.807) is 0 Å². The quantitative estimate of drug-likeness (QED) is 0.688. The molecule has 1 unspecified atom stereocenters. The maximum atomic E-state index is 11.9. The molecule has 1 atom stereocenters. The normalized spacial score (nSPS) is 21.5. The van der Waals surface area contributed by atoms with Gasteiger partial charge in [0, 0.05) is 12.6 Å². The highest BCUT2D eigenvalue weighted by atomic mass is 16.2. The van der Waals surface area contributed by atoms with E-state index in [1.807, 2.05) is 4.90 Å². The lowest BCUT2D eigenvalue weighted by Crippen LogP contribution is -2.33. The molecule has 1 aliphatic heterocycles. The van der Waals surface area contributed by atoms with Crippen molar-refractivity contribution in [2.24, 2.45) is 0 Å². The molecule has 0 aromatic carbocycles. The van der Waals surface area contributed by atoms with Crippen LogP contribution in [0.4, 0.5) is 5.82 Å². The second-order valence-electron chi connectivity index (χ2n) is 3.69. The molecule has 1 saturated heterocycles. The SMILES string of the molecule is CC1CCCN1C(=O)c1cn[nH]c1N. The molecule has 1 amide bonds. The number of hydrogen-bond acceptors (Lipinski definition) is 3. The minimum absolute atomic E-state index is 0.0127. The standard InChI is InChI=1S/C9H14N4O/c1-6-3-2-4-13(6)9(14)7-5-11-12-8(7)10/h5-6H,2-4H2,1H3,(H3,10,11,12). The van der Waals surface area contributed by atoms with Crippen LogP contribution in [0.15, 0.2) is 6.20 Å². The van der Waals surface area contributed by atoms with E-state index in [2.05, 4.69) is 17.1 Å². The molecule has 0 radical (unpaired) electrons. The van der Waals surface area contributed by atoms with Crippen molar-refractivity contribution in [1.29, 1.82) is 0 Å². The van der Waals surface area contributed by atoms with Crippen LogP contribution in [0.25, 0.3) is 0 Å². The van der Waals surface area contributed by atoms with Crippen LogP contribution in [0.2, 0.25) is 0 Å². The lowest BCUT2D eigenvalue weighted by atomic mass is 10.2. The van der Waals surface area contributed by atoms with Crippen LogP contribution < -0.4 is 5.73 Å². The zero-order chi connectivity index (χ0) is 10.1. The summed E-state index contributed by atoms with van der Waals surface area (Å²) >= 11 is 0. The van der Waals surface area contributed by atoms with Crippen molar-refractivity contribution in [3.63, 3.8) is 0 Å². The number of likely N-dealkylation sites (tertiary alicyclic amines) is 1. The average Bonchev–Trinajstić information content (AvgIpc) is 2.73. The Morgan fingerprint density at radius 1 is 1.79 bits per heavy atom. The smallest absolute Gasteiger partial charge is 0.259 e. The van der Waals surface area contributed by atoms with Gasteiger partial charge in [-0.15, -0.1) is 0 Å². The minimum Gasteiger partial charge on any atom is -0.383 e. The largest absolute Gasteiger partial charge is 0.383 e. The Kier molecular flexibility index (Phi) is 2.15. The molecule has 1 aromatic heterocycles. The van der Waals surface area contributed by atoms with Crippen molar-refractivity contribution in [2.45, 2.75) is 25.8 Å². The zero-order valence-corrected chi connectivity index (χ0v) is 8.16. The number of aromatic nitrogens is 2. The second-order valence-corrected chi connectivity index (χ2v) is 3.69. The van der Waals surface area contributed by atoms with E-state index < -0.39 is 0 Å². The third kappa shape index (κ3) is 1.34. The lowest BCUT2D eigenvalue weighted by molar-refractivity contribution is 0.0748. The van der Waals surface area contributed by atoms with Crippen molar-refractivity contribution in [3.05, 3.63) is 11.8 Å². The van der Waals surface area contributed by atoms with Gasteiger partial charge < -0.3 is 10.6 Å². The van der Waals surface area contributed by atoms with Crippen molar-refractivity contribution >= 4 is 11.7 Å². The van der Waals surface area contributed by atoms with Gasteiger partial charge in [0.05, 0.1) is 6.20 Å². The molecule has 0 aliphatic carbocycles. The monoisotopic (exact) mass is 194 g/mol. The predicted octanol–water partition coefficient (Wildman–Crippen LogP) is 0.616. The number of carbonyl (C=O) groups is 1. The van der Waals surface area contributed by atoms with Gasteiger partial charge in [0.15, 0.2) is 0 Å². The first-order valence-electron chi connectivity index (χ1n) is 4.80. The summed E-state index contributed by atoms with van der Waals surface area (Å²) in [6, 6.07) is 0.316. The number of nitrogens with zero attached hydrogens (tertiary/aromatic N) is 2. The fraction of sp³-hybridized carbons (Fsp3) is 0.556. The molecule has 14 heavy (non-hydrogen) atoms. The Bertz CT molecular complexity index is 346. The highest BCUT2D eigenvalue weighted by Crippen LogP contribution is 2.20. The van der Waals surface area contributed by atoms with Gasteiger partial charge in [-0.05, 0) is 19.8 Å². The molecule has 0 bridgehead atoms. The fourth-order valence-corrected chi connectivity index (χ4v) is 1.86. The summed E-state index contributed by atoms with van der Waals surface area (Å²) in [4.78, 5) is 13.8. The summed E-state index contributed by atoms with van der Waals surface area (Å²) in [5, 5.41) is 6.31. The molecule has 3 N–H and O–H groups in total. The molecule has 1 aromatic rings. The second kappa shape index (κ2) is 3.32. The summed E-state index contributed by atoms with van der Waals surface area (Å²) in [7, 11) is 0. The number of nitrogen functional groups attached to an aromatic ring is 1. The Balaban J connectivity index is 2.20. The van der Waals surface area contributed by atoms with Gasteiger partial charge in [-0.25, -0.2) is 0 Å². The van der Waals surface area contributed by atoms with E-state index >= 15 is 0 Å². The Hall–Kier alpha value is -1.52. The maximum Gasteiger partial charge on any atom is 0.259 e. The Morgan fingerprint density at radius 2 is 2.57 bits per heavy atom. The lowest BCUT2D eigenvalue weighted by Gasteiger charge is -2.20. The van der Waals surface area contributed by atoms with E-state index in [9.17, 15) is 4.79 Å². The first-order valence-corrected chi connectivity index (χ1v) is 4.80. The minimum atomic E-state index is -0.0127. The van der Waals surface area contributed by atoms with Gasteiger partial charge in [0.25, 0.3) is 5.91 Å². The van der Waals surface area contributed by atoms with E-state index in [-0.39, 0.29) is 5.91 Å². The molecule has 5 heteroatoms. The van der Waals surface area contributed by atoms with Gasteiger partial charge in [-0.1, -0.05) is 0 Å². The summed E-state index contributed by atoms with van der Waals surface area (Å²) < 4.78 is 0. The van der Waals surface area contributed by atoms with Crippen LogP contribution in [0.5, 0.6) is 0 Å². The molecule has 1 aliphatic rings. The summed E-state index contributed by atoms with van der Waals surface area (Å²) in [6.45, 7) is 2.88. The number of aromatic amines is 1. The van der Waals surface area contributed by atoms with Crippen molar-refractivity contribution in [1.82, 2.24) is 15.1 Å². The van der Waals surface area contributed by atoms with E-state index in [0.29, 0.717) is 17.4 Å². The molecule has 2 heterocycles. The first-order chi connectivity index (χ1) is 6.70. The van der Waals surface area contributed by atoms with E-state index in [4.69, 9.17) is 5.73 Å². The molecule has 1 fully saturated rings. The van der Waals surface area contributed by atoms with Crippen LogP contribution in [0.3, 0.4) is 0 Å². The van der Waals surface area contributed by atoms with E-state index in [0.717, 1.165) is 19.4 Å². The molecular formula is C9H14N4O.